The standard InChI is InChI=1S/C19H25N3O3/c1-14(21-10-5-2-6-11-21)13-20-17(23)9-12-22-18(24)15-7-3-4-8-16(15)19(22)25/h3-4,7-8,14H,2,5-6,9-13H2,1H3,(H,20,23). The molecule has 6 heteroatoms. The van der Waals surface area contributed by atoms with E-state index in [4.69, 9.17) is 0 Å². The van der Waals surface area contributed by atoms with Gasteiger partial charge in [-0.15, -0.1) is 0 Å². The summed E-state index contributed by atoms with van der Waals surface area (Å²) in [4.78, 5) is 40.2. The molecule has 1 fully saturated rings. The zero-order chi connectivity index (χ0) is 17.8. The van der Waals surface area contributed by atoms with Crippen molar-refractivity contribution in [2.75, 3.05) is 26.2 Å². The van der Waals surface area contributed by atoms with E-state index in [1.54, 1.807) is 24.3 Å². The molecule has 1 N–H and O–H groups in total. The first kappa shape index (κ1) is 17.6. The van der Waals surface area contributed by atoms with Crippen LogP contribution < -0.4 is 5.32 Å². The molecule has 2 heterocycles. The van der Waals surface area contributed by atoms with Crippen LogP contribution in [0.2, 0.25) is 0 Å². The summed E-state index contributed by atoms with van der Waals surface area (Å²) in [6.07, 6.45) is 3.87. The normalized spacial score (nSPS) is 19.0. The molecule has 25 heavy (non-hydrogen) atoms. The molecule has 3 amide bonds. The number of hydrogen-bond acceptors (Lipinski definition) is 4. The van der Waals surface area contributed by atoms with Gasteiger partial charge in [0, 0.05) is 25.6 Å². The highest BCUT2D eigenvalue weighted by Crippen LogP contribution is 2.22. The number of imide groups is 1. The van der Waals surface area contributed by atoms with Crippen LogP contribution >= 0.6 is 0 Å². The van der Waals surface area contributed by atoms with Gasteiger partial charge in [-0.3, -0.25) is 24.2 Å². The molecule has 0 saturated carbocycles. The Hall–Kier alpha value is -2.21. The minimum absolute atomic E-state index is 0.121. The lowest BCUT2D eigenvalue weighted by molar-refractivity contribution is -0.121. The van der Waals surface area contributed by atoms with Crippen LogP contribution in [0.15, 0.2) is 24.3 Å². The Kier molecular flexibility index (Phi) is 5.48. The van der Waals surface area contributed by atoms with Gasteiger partial charge in [0.15, 0.2) is 0 Å². The number of carbonyl (C=O) groups is 3. The van der Waals surface area contributed by atoms with Crippen LogP contribution in [-0.2, 0) is 4.79 Å². The molecule has 3 rings (SSSR count). The number of likely N-dealkylation sites (tertiary alicyclic amines) is 1. The third-order valence-electron chi connectivity index (χ3n) is 5.05. The average Bonchev–Trinajstić information content (AvgIpc) is 2.89. The Labute approximate surface area is 148 Å². The monoisotopic (exact) mass is 343 g/mol. The van der Waals surface area contributed by atoms with Crippen molar-refractivity contribution < 1.29 is 14.4 Å². The number of nitrogens with zero attached hydrogens (tertiary/aromatic N) is 2. The molecular formula is C19H25N3O3. The van der Waals surface area contributed by atoms with E-state index in [1.165, 1.54) is 19.3 Å². The second-order valence-corrected chi connectivity index (χ2v) is 6.81. The number of nitrogens with one attached hydrogen (secondary N) is 1. The van der Waals surface area contributed by atoms with Gasteiger partial charge in [0.1, 0.15) is 0 Å². The van der Waals surface area contributed by atoms with Crippen LogP contribution in [0.1, 0.15) is 53.3 Å². The van der Waals surface area contributed by atoms with Crippen molar-refractivity contribution in [1.29, 1.82) is 0 Å². The van der Waals surface area contributed by atoms with Crippen LogP contribution in [0.3, 0.4) is 0 Å². The molecule has 0 radical (unpaired) electrons. The molecular weight excluding hydrogens is 318 g/mol. The average molecular weight is 343 g/mol. The minimum Gasteiger partial charge on any atom is -0.354 e. The number of benzene rings is 1. The van der Waals surface area contributed by atoms with Crippen LogP contribution in [-0.4, -0.2) is 59.7 Å². The third-order valence-corrected chi connectivity index (χ3v) is 5.05. The van der Waals surface area contributed by atoms with Crippen LogP contribution in [0.25, 0.3) is 0 Å². The lowest BCUT2D eigenvalue weighted by atomic mass is 10.1. The predicted molar refractivity (Wildman–Crippen MR) is 94.3 cm³/mol. The lowest BCUT2D eigenvalue weighted by Crippen LogP contribution is -2.45. The zero-order valence-corrected chi connectivity index (χ0v) is 14.7. The summed E-state index contributed by atoms with van der Waals surface area (Å²) in [7, 11) is 0. The topological polar surface area (TPSA) is 69.7 Å². The molecule has 0 spiro atoms. The van der Waals surface area contributed by atoms with Crippen molar-refractivity contribution in [3.05, 3.63) is 35.4 Å². The SMILES string of the molecule is CC(CNC(=O)CCN1C(=O)c2ccccc2C1=O)N1CCCCC1. The Morgan fingerprint density at radius 3 is 2.28 bits per heavy atom. The Balaban J connectivity index is 1.45. The first-order chi connectivity index (χ1) is 12.1. The highest BCUT2D eigenvalue weighted by molar-refractivity contribution is 6.21. The van der Waals surface area contributed by atoms with E-state index >= 15 is 0 Å². The molecule has 1 unspecified atom stereocenters. The number of hydrogen-bond donors (Lipinski definition) is 1. The van der Waals surface area contributed by atoms with Crippen LogP contribution in [0.4, 0.5) is 0 Å². The van der Waals surface area contributed by atoms with Gasteiger partial charge < -0.3 is 5.32 Å². The number of piperidine rings is 1. The van der Waals surface area contributed by atoms with E-state index in [9.17, 15) is 14.4 Å². The fraction of sp³-hybridized carbons (Fsp3) is 0.526. The van der Waals surface area contributed by atoms with Crippen LogP contribution in [0.5, 0.6) is 0 Å². The maximum Gasteiger partial charge on any atom is 0.261 e. The summed E-state index contributed by atoms with van der Waals surface area (Å²) in [5.41, 5.74) is 0.846. The summed E-state index contributed by atoms with van der Waals surface area (Å²) in [6.45, 7) is 5.02. The third kappa shape index (κ3) is 3.90. The van der Waals surface area contributed by atoms with E-state index in [1.807, 2.05) is 0 Å². The van der Waals surface area contributed by atoms with Crippen LogP contribution in [0, 0.1) is 0 Å². The van der Waals surface area contributed by atoms with Gasteiger partial charge in [-0.2, -0.15) is 0 Å². The Morgan fingerprint density at radius 1 is 1.08 bits per heavy atom. The van der Waals surface area contributed by atoms with Crippen molar-refractivity contribution >= 4 is 17.7 Å². The predicted octanol–water partition coefficient (Wildman–Crippen LogP) is 1.66. The highest BCUT2D eigenvalue weighted by atomic mass is 16.2. The molecule has 6 nitrogen and oxygen atoms in total. The van der Waals surface area contributed by atoms with Crippen molar-refractivity contribution in [2.45, 2.75) is 38.6 Å². The molecule has 1 atom stereocenters. The van der Waals surface area contributed by atoms with Crippen molar-refractivity contribution in [3.63, 3.8) is 0 Å². The van der Waals surface area contributed by atoms with Crippen molar-refractivity contribution in [3.8, 4) is 0 Å². The minimum atomic E-state index is -0.310. The van der Waals surface area contributed by atoms with E-state index in [-0.39, 0.29) is 30.7 Å². The number of rotatable bonds is 6. The van der Waals surface area contributed by atoms with Crippen molar-refractivity contribution in [1.82, 2.24) is 15.1 Å². The molecule has 1 aromatic rings. The number of amides is 3. The molecule has 0 aromatic heterocycles. The van der Waals surface area contributed by atoms with E-state index in [0.717, 1.165) is 18.0 Å². The molecule has 0 bridgehead atoms. The van der Waals surface area contributed by atoms with Gasteiger partial charge in [-0.1, -0.05) is 18.6 Å². The van der Waals surface area contributed by atoms with Gasteiger partial charge in [0.05, 0.1) is 11.1 Å². The van der Waals surface area contributed by atoms with Gasteiger partial charge >= 0.3 is 0 Å². The summed E-state index contributed by atoms with van der Waals surface area (Å²) < 4.78 is 0. The molecule has 134 valence electrons. The molecule has 2 aliphatic heterocycles. The zero-order valence-electron chi connectivity index (χ0n) is 14.7. The second kappa shape index (κ2) is 7.78. The van der Waals surface area contributed by atoms with Crippen molar-refractivity contribution in [2.24, 2.45) is 0 Å². The second-order valence-electron chi connectivity index (χ2n) is 6.81. The first-order valence-electron chi connectivity index (χ1n) is 9.04. The Bertz CT molecular complexity index is 633. The summed E-state index contributed by atoms with van der Waals surface area (Å²) >= 11 is 0. The Morgan fingerprint density at radius 2 is 1.68 bits per heavy atom. The fourth-order valence-electron chi connectivity index (χ4n) is 3.49. The summed E-state index contributed by atoms with van der Waals surface area (Å²) in [6, 6.07) is 7.08. The molecule has 0 aliphatic carbocycles. The van der Waals surface area contributed by atoms with Gasteiger partial charge in [-0.05, 0) is 45.0 Å². The van der Waals surface area contributed by atoms with E-state index in [2.05, 4.69) is 17.1 Å². The molecule has 2 aliphatic rings. The quantitative estimate of drug-likeness (QED) is 0.798. The fourth-order valence-corrected chi connectivity index (χ4v) is 3.49. The first-order valence-corrected chi connectivity index (χ1v) is 9.04. The number of carbonyl (C=O) groups excluding carboxylic acids is 3. The number of fused-ring (bicyclic) bond motifs is 1. The van der Waals surface area contributed by atoms with E-state index < -0.39 is 0 Å². The largest absolute Gasteiger partial charge is 0.354 e. The maximum atomic E-state index is 12.3. The molecule has 1 saturated heterocycles. The smallest absolute Gasteiger partial charge is 0.261 e. The molecule has 1 aromatic carbocycles. The summed E-state index contributed by atoms with van der Waals surface area (Å²) in [5, 5.41) is 2.92. The maximum absolute atomic E-state index is 12.3. The van der Waals surface area contributed by atoms with Gasteiger partial charge in [0.2, 0.25) is 5.91 Å². The highest BCUT2D eigenvalue weighted by Gasteiger charge is 2.34. The van der Waals surface area contributed by atoms with Gasteiger partial charge in [0.25, 0.3) is 11.8 Å². The summed E-state index contributed by atoms with van der Waals surface area (Å²) in [5.74, 6) is -0.745. The van der Waals surface area contributed by atoms with E-state index in [0.29, 0.717) is 23.7 Å². The van der Waals surface area contributed by atoms with Gasteiger partial charge in [-0.25, -0.2) is 0 Å². The lowest BCUT2D eigenvalue weighted by Gasteiger charge is -2.32.